The second-order valence-corrected chi connectivity index (χ2v) is 3.83. The van der Waals surface area contributed by atoms with Crippen molar-refractivity contribution >= 4 is 12.4 Å². The molecule has 1 aromatic rings. The van der Waals surface area contributed by atoms with Crippen LogP contribution in [0.3, 0.4) is 0 Å². The maximum absolute atomic E-state index is 12.3. The Bertz CT molecular complexity index is 357. The Balaban J connectivity index is 0.00000128. The van der Waals surface area contributed by atoms with Crippen molar-refractivity contribution in [3.63, 3.8) is 0 Å². The summed E-state index contributed by atoms with van der Waals surface area (Å²) < 4.78 is 36.8. The smallest absolute Gasteiger partial charge is 0.319 e. The van der Waals surface area contributed by atoms with E-state index in [0.29, 0.717) is 13.1 Å². The van der Waals surface area contributed by atoms with Crippen LogP contribution in [0.15, 0.2) is 24.3 Å². The lowest BCUT2D eigenvalue weighted by Crippen LogP contribution is -2.62. The van der Waals surface area contributed by atoms with Crippen molar-refractivity contribution in [2.24, 2.45) is 5.73 Å². The summed E-state index contributed by atoms with van der Waals surface area (Å²) in [6, 6.07) is 5.04. The average molecular weight is 253 g/mol. The van der Waals surface area contributed by atoms with E-state index in [1.807, 2.05) is 0 Å². The van der Waals surface area contributed by atoms with E-state index < -0.39 is 17.3 Å². The van der Waals surface area contributed by atoms with Gasteiger partial charge in [-0.3, -0.25) is 0 Å². The molecule has 6 heteroatoms. The molecule has 90 valence electrons. The highest BCUT2D eigenvalue weighted by Gasteiger charge is 2.35. The Morgan fingerprint density at radius 2 is 1.62 bits per heavy atom. The second kappa shape index (κ2) is 4.24. The molecule has 0 unspecified atom stereocenters. The standard InChI is InChI=1S/C10H11F3N2.ClH/c11-10(12,13)8-3-1-7(2-4-8)9(14)5-15-6-9;/h1-4,15H,5-6,14H2;1H. The summed E-state index contributed by atoms with van der Waals surface area (Å²) in [4.78, 5) is 0. The number of nitrogens with one attached hydrogen (secondary N) is 1. The summed E-state index contributed by atoms with van der Waals surface area (Å²) >= 11 is 0. The van der Waals surface area contributed by atoms with Gasteiger partial charge in [0.05, 0.1) is 11.1 Å². The van der Waals surface area contributed by atoms with Gasteiger partial charge in [-0.1, -0.05) is 12.1 Å². The zero-order valence-corrected chi connectivity index (χ0v) is 9.16. The van der Waals surface area contributed by atoms with Gasteiger partial charge in [0.15, 0.2) is 0 Å². The molecule has 16 heavy (non-hydrogen) atoms. The number of hydrogen-bond donors (Lipinski definition) is 2. The molecule has 0 aliphatic carbocycles. The molecule has 0 amide bonds. The van der Waals surface area contributed by atoms with Crippen LogP contribution in [0.4, 0.5) is 13.2 Å². The van der Waals surface area contributed by atoms with Gasteiger partial charge in [0.1, 0.15) is 0 Å². The molecule has 1 heterocycles. The number of rotatable bonds is 1. The lowest BCUT2D eigenvalue weighted by molar-refractivity contribution is -0.137. The molecule has 1 aliphatic heterocycles. The minimum Gasteiger partial charge on any atom is -0.319 e. The van der Waals surface area contributed by atoms with E-state index in [-0.39, 0.29) is 12.4 Å². The summed E-state index contributed by atoms with van der Waals surface area (Å²) in [6.07, 6.45) is -4.28. The quantitative estimate of drug-likeness (QED) is 0.801. The average Bonchev–Trinajstić information content (AvgIpc) is 2.13. The summed E-state index contributed by atoms with van der Waals surface area (Å²) in [5, 5.41) is 3.00. The third-order valence-corrected chi connectivity index (χ3v) is 2.67. The lowest BCUT2D eigenvalue weighted by atomic mass is 9.85. The third-order valence-electron chi connectivity index (χ3n) is 2.67. The fourth-order valence-electron chi connectivity index (χ4n) is 1.59. The number of hydrogen-bond acceptors (Lipinski definition) is 2. The van der Waals surface area contributed by atoms with E-state index in [9.17, 15) is 13.2 Å². The van der Waals surface area contributed by atoms with Crippen LogP contribution in [0.2, 0.25) is 0 Å². The van der Waals surface area contributed by atoms with Crippen molar-refractivity contribution in [2.75, 3.05) is 13.1 Å². The molecule has 3 N–H and O–H groups in total. The zero-order valence-electron chi connectivity index (χ0n) is 8.34. The molecule has 0 saturated carbocycles. The molecule has 0 atom stereocenters. The van der Waals surface area contributed by atoms with Gasteiger partial charge in [0, 0.05) is 13.1 Å². The van der Waals surface area contributed by atoms with Crippen LogP contribution in [-0.2, 0) is 11.7 Å². The molecule has 1 fully saturated rings. The fourth-order valence-corrected chi connectivity index (χ4v) is 1.59. The second-order valence-electron chi connectivity index (χ2n) is 3.83. The van der Waals surface area contributed by atoms with Crippen LogP contribution in [0.5, 0.6) is 0 Å². The van der Waals surface area contributed by atoms with Crippen molar-refractivity contribution in [3.05, 3.63) is 35.4 Å². The minimum absolute atomic E-state index is 0. The van der Waals surface area contributed by atoms with Gasteiger partial charge in [-0.05, 0) is 17.7 Å². The van der Waals surface area contributed by atoms with E-state index in [1.165, 1.54) is 12.1 Å². The van der Waals surface area contributed by atoms with Crippen LogP contribution in [0.1, 0.15) is 11.1 Å². The van der Waals surface area contributed by atoms with Gasteiger partial charge in [-0.15, -0.1) is 12.4 Å². The van der Waals surface area contributed by atoms with Gasteiger partial charge >= 0.3 is 6.18 Å². The zero-order chi connectivity index (χ0) is 11.1. The predicted molar refractivity (Wildman–Crippen MR) is 57.4 cm³/mol. The molecule has 1 aromatic carbocycles. The molecule has 2 rings (SSSR count). The van der Waals surface area contributed by atoms with Crippen LogP contribution < -0.4 is 11.1 Å². The molecule has 2 nitrogen and oxygen atoms in total. The molecule has 1 saturated heterocycles. The Morgan fingerprint density at radius 1 is 1.12 bits per heavy atom. The minimum atomic E-state index is -4.28. The number of benzene rings is 1. The van der Waals surface area contributed by atoms with E-state index in [1.54, 1.807) is 0 Å². The highest BCUT2D eigenvalue weighted by molar-refractivity contribution is 5.85. The first kappa shape index (κ1) is 13.3. The first-order valence-electron chi connectivity index (χ1n) is 4.59. The number of nitrogens with two attached hydrogens (primary N) is 1. The number of alkyl halides is 3. The molecule has 0 bridgehead atoms. The first-order chi connectivity index (χ1) is 6.92. The van der Waals surface area contributed by atoms with E-state index in [4.69, 9.17) is 5.73 Å². The van der Waals surface area contributed by atoms with Gasteiger partial charge in [0.25, 0.3) is 0 Å². The summed E-state index contributed by atoms with van der Waals surface area (Å²) in [6.45, 7) is 1.22. The van der Waals surface area contributed by atoms with Crippen LogP contribution in [0, 0.1) is 0 Å². The molecular weight excluding hydrogens is 241 g/mol. The Morgan fingerprint density at radius 3 is 1.94 bits per heavy atom. The third kappa shape index (κ3) is 2.31. The summed E-state index contributed by atoms with van der Waals surface area (Å²) in [7, 11) is 0. The van der Waals surface area contributed by atoms with Gasteiger partial charge in [-0.25, -0.2) is 0 Å². The van der Waals surface area contributed by atoms with Crippen LogP contribution in [-0.4, -0.2) is 13.1 Å². The molecule has 0 aromatic heterocycles. The SMILES string of the molecule is Cl.NC1(c2ccc(C(F)(F)F)cc2)CNC1. The van der Waals surface area contributed by atoms with Gasteiger partial charge in [-0.2, -0.15) is 13.2 Å². The fraction of sp³-hybridized carbons (Fsp3) is 0.400. The maximum atomic E-state index is 12.3. The van der Waals surface area contributed by atoms with E-state index in [0.717, 1.165) is 17.7 Å². The molecule has 0 spiro atoms. The molecule has 0 radical (unpaired) electrons. The Labute approximate surface area is 97.4 Å². The van der Waals surface area contributed by atoms with Crippen LogP contribution in [0.25, 0.3) is 0 Å². The molecular formula is C10H12ClF3N2. The monoisotopic (exact) mass is 252 g/mol. The lowest BCUT2D eigenvalue weighted by Gasteiger charge is -2.39. The Kier molecular flexibility index (Phi) is 3.52. The van der Waals surface area contributed by atoms with Crippen molar-refractivity contribution in [2.45, 2.75) is 11.7 Å². The summed E-state index contributed by atoms with van der Waals surface area (Å²) in [5.41, 5.74) is 5.55. The highest BCUT2D eigenvalue weighted by atomic mass is 35.5. The first-order valence-corrected chi connectivity index (χ1v) is 4.59. The topological polar surface area (TPSA) is 38.0 Å². The van der Waals surface area contributed by atoms with E-state index in [2.05, 4.69) is 5.32 Å². The van der Waals surface area contributed by atoms with Crippen molar-refractivity contribution in [1.29, 1.82) is 0 Å². The van der Waals surface area contributed by atoms with Crippen molar-refractivity contribution < 1.29 is 13.2 Å². The maximum Gasteiger partial charge on any atom is 0.416 e. The highest BCUT2D eigenvalue weighted by Crippen LogP contribution is 2.31. The Hall–Kier alpha value is -0.780. The predicted octanol–water partition coefficient (Wildman–Crippen LogP) is 1.88. The van der Waals surface area contributed by atoms with Crippen molar-refractivity contribution in [3.8, 4) is 0 Å². The molecule has 1 aliphatic rings. The normalized spacial score (nSPS) is 18.5. The summed E-state index contributed by atoms with van der Waals surface area (Å²) in [5.74, 6) is 0. The van der Waals surface area contributed by atoms with Gasteiger partial charge in [0.2, 0.25) is 0 Å². The largest absolute Gasteiger partial charge is 0.416 e. The van der Waals surface area contributed by atoms with Crippen LogP contribution >= 0.6 is 12.4 Å². The van der Waals surface area contributed by atoms with E-state index >= 15 is 0 Å². The van der Waals surface area contributed by atoms with Crippen molar-refractivity contribution in [1.82, 2.24) is 5.32 Å². The number of halogens is 4. The van der Waals surface area contributed by atoms with Gasteiger partial charge < -0.3 is 11.1 Å².